The number of nitrogens with one attached hydrogen (secondary N) is 1. The third-order valence-corrected chi connectivity index (χ3v) is 2.22. The van der Waals surface area contributed by atoms with Crippen molar-refractivity contribution in [3.8, 4) is 12.3 Å². The van der Waals surface area contributed by atoms with Gasteiger partial charge in [0.25, 0.3) is 0 Å². The smallest absolute Gasteiger partial charge is 0.0620 e. The second-order valence-corrected chi connectivity index (χ2v) is 3.46. The maximum Gasteiger partial charge on any atom is 0.0620 e. The highest BCUT2D eigenvalue weighted by molar-refractivity contribution is 4.87. The summed E-state index contributed by atoms with van der Waals surface area (Å²) in [6, 6.07) is 0.508. The Labute approximate surface area is 80.4 Å². The molecule has 1 aliphatic heterocycles. The number of nitrogens with zero attached hydrogens (tertiary/aromatic N) is 1. The van der Waals surface area contributed by atoms with Crippen molar-refractivity contribution >= 4 is 0 Å². The van der Waals surface area contributed by atoms with Crippen molar-refractivity contribution in [2.75, 3.05) is 39.9 Å². The highest BCUT2D eigenvalue weighted by atomic mass is 16.5. The molecule has 1 N–H and O–H groups in total. The number of terminal acetylenes is 1. The van der Waals surface area contributed by atoms with Crippen molar-refractivity contribution in [1.29, 1.82) is 0 Å². The molecule has 1 heterocycles. The molecule has 1 fully saturated rings. The van der Waals surface area contributed by atoms with Crippen LogP contribution in [0.25, 0.3) is 0 Å². The molecule has 0 aliphatic carbocycles. The fraction of sp³-hybridized carbons (Fsp3) is 0.800. The molecule has 0 amide bonds. The quantitative estimate of drug-likeness (QED) is 0.616. The van der Waals surface area contributed by atoms with E-state index in [1.54, 1.807) is 0 Å². The zero-order valence-corrected chi connectivity index (χ0v) is 8.25. The minimum Gasteiger partial charge on any atom is -0.379 e. The van der Waals surface area contributed by atoms with Crippen molar-refractivity contribution in [1.82, 2.24) is 10.2 Å². The highest BCUT2D eigenvalue weighted by Gasteiger charge is 2.12. The second-order valence-electron chi connectivity index (χ2n) is 3.46. The third kappa shape index (κ3) is 4.28. The minimum absolute atomic E-state index is 0.508. The molecule has 0 aromatic heterocycles. The first kappa shape index (κ1) is 10.5. The van der Waals surface area contributed by atoms with E-state index in [4.69, 9.17) is 11.2 Å². The normalized spacial score (nSPS) is 23.0. The highest BCUT2D eigenvalue weighted by Crippen LogP contribution is 1.99. The van der Waals surface area contributed by atoms with Gasteiger partial charge in [0.1, 0.15) is 0 Å². The zero-order valence-electron chi connectivity index (χ0n) is 8.25. The summed E-state index contributed by atoms with van der Waals surface area (Å²) in [4.78, 5) is 2.15. The monoisotopic (exact) mass is 182 g/mol. The fourth-order valence-corrected chi connectivity index (χ4v) is 1.42. The molecule has 0 saturated carbocycles. The molecule has 0 aromatic carbocycles. The first-order valence-corrected chi connectivity index (χ1v) is 4.76. The number of rotatable bonds is 4. The van der Waals surface area contributed by atoms with E-state index in [0.29, 0.717) is 6.04 Å². The first-order valence-electron chi connectivity index (χ1n) is 4.76. The third-order valence-electron chi connectivity index (χ3n) is 2.22. The average molecular weight is 182 g/mol. The zero-order chi connectivity index (χ0) is 9.52. The van der Waals surface area contributed by atoms with E-state index in [1.165, 1.54) is 0 Å². The fourth-order valence-electron chi connectivity index (χ4n) is 1.42. The summed E-state index contributed by atoms with van der Waals surface area (Å²) in [6.07, 6.45) is 6.32. The maximum atomic E-state index is 5.35. The van der Waals surface area contributed by atoms with Crippen LogP contribution in [0.2, 0.25) is 0 Å². The predicted octanol–water partition coefficient (Wildman–Crippen LogP) is -0.0701. The molecule has 1 rings (SSSR count). The molecule has 0 aromatic rings. The van der Waals surface area contributed by atoms with E-state index < -0.39 is 0 Å². The Kier molecular flexibility index (Phi) is 4.84. The Balaban J connectivity index is 2.07. The van der Waals surface area contributed by atoms with E-state index in [9.17, 15) is 0 Å². The van der Waals surface area contributed by atoms with Gasteiger partial charge in [-0.15, -0.1) is 6.42 Å². The Morgan fingerprint density at radius 1 is 1.69 bits per heavy atom. The minimum atomic E-state index is 0.508. The van der Waals surface area contributed by atoms with Crippen molar-refractivity contribution in [2.24, 2.45) is 0 Å². The maximum absolute atomic E-state index is 5.35. The summed E-state index contributed by atoms with van der Waals surface area (Å²) in [5, 5.41) is 3.41. The summed E-state index contributed by atoms with van der Waals surface area (Å²) in [7, 11) is 2.05. The summed E-state index contributed by atoms with van der Waals surface area (Å²) in [5.74, 6) is 2.63. The summed E-state index contributed by atoms with van der Waals surface area (Å²) in [5.41, 5.74) is 0. The van der Waals surface area contributed by atoms with Crippen molar-refractivity contribution in [2.45, 2.75) is 12.5 Å². The van der Waals surface area contributed by atoms with Gasteiger partial charge in [0.15, 0.2) is 0 Å². The molecular weight excluding hydrogens is 164 g/mol. The van der Waals surface area contributed by atoms with Crippen LogP contribution in [0.3, 0.4) is 0 Å². The molecule has 0 radical (unpaired) electrons. The molecular formula is C10H18N2O. The predicted molar refractivity (Wildman–Crippen MR) is 53.6 cm³/mol. The molecule has 1 aliphatic rings. The largest absolute Gasteiger partial charge is 0.379 e. The van der Waals surface area contributed by atoms with Gasteiger partial charge in [0, 0.05) is 19.1 Å². The van der Waals surface area contributed by atoms with Crippen LogP contribution >= 0.6 is 0 Å². The Bertz CT molecular complexity index is 170. The van der Waals surface area contributed by atoms with Gasteiger partial charge < -0.3 is 10.1 Å². The molecule has 74 valence electrons. The van der Waals surface area contributed by atoms with Crippen LogP contribution in [0, 0.1) is 12.3 Å². The van der Waals surface area contributed by atoms with Crippen LogP contribution in [0.15, 0.2) is 0 Å². The number of hydrogen-bond acceptors (Lipinski definition) is 3. The van der Waals surface area contributed by atoms with Gasteiger partial charge in [-0.25, -0.2) is 0 Å². The van der Waals surface area contributed by atoms with Crippen LogP contribution in [0.5, 0.6) is 0 Å². The standard InChI is InChI=1S/C10H18N2O/c1-3-6-12(2)7-4-10-9-13-8-5-11-10/h1,10-11H,4-9H2,2H3. The van der Waals surface area contributed by atoms with Crippen LogP contribution in [0.1, 0.15) is 6.42 Å². The lowest BCUT2D eigenvalue weighted by molar-refractivity contribution is 0.0715. The van der Waals surface area contributed by atoms with E-state index in [0.717, 1.165) is 39.3 Å². The topological polar surface area (TPSA) is 24.5 Å². The van der Waals surface area contributed by atoms with Gasteiger partial charge in [-0.3, -0.25) is 4.90 Å². The Hall–Kier alpha value is -0.560. The van der Waals surface area contributed by atoms with Gasteiger partial charge in [-0.2, -0.15) is 0 Å². The van der Waals surface area contributed by atoms with E-state index in [-0.39, 0.29) is 0 Å². The SMILES string of the molecule is C#CCN(C)CCC1COCCN1. The average Bonchev–Trinajstić information content (AvgIpc) is 2.17. The molecule has 0 bridgehead atoms. The van der Waals surface area contributed by atoms with Crippen molar-refractivity contribution in [3.63, 3.8) is 0 Å². The Morgan fingerprint density at radius 3 is 3.15 bits per heavy atom. The molecule has 0 spiro atoms. The van der Waals surface area contributed by atoms with Crippen LogP contribution in [-0.2, 0) is 4.74 Å². The van der Waals surface area contributed by atoms with Crippen LogP contribution in [-0.4, -0.2) is 50.8 Å². The second kappa shape index (κ2) is 5.98. The van der Waals surface area contributed by atoms with Gasteiger partial charge >= 0.3 is 0 Å². The first-order chi connectivity index (χ1) is 6.33. The molecule has 3 nitrogen and oxygen atoms in total. The van der Waals surface area contributed by atoms with Crippen molar-refractivity contribution < 1.29 is 4.74 Å². The summed E-state index contributed by atoms with van der Waals surface area (Å²) < 4.78 is 5.35. The molecule has 13 heavy (non-hydrogen) atoms. The summed E-state index contributed by atoms with van der Waals surface area (Å²) in [6.45, 7) is 4.42. The summed E-state index contributed by atoms with van der Waals surface area (Å²) >= 11 is 0. The van der Waals surface area contributed by atoms with Crippen LogP contribution < -0.4 is 5.32 Å². The number of ether oxygens (including phenoxy) is 1. The number of hydrogen-bond donors (Lipinski definition) is 1. The number of morpholine rings is 1. The van der Waals surface area contributed by atoms with Crippen molar-refractivity contribution in [3.05, 3.63) is 0 Å². The molecule has 1 unspecified atom stereocenters. The lowest BCUT2D eigenvalue weighted by Crippen LogP contribution is -2.42. The van der Waals surface area contributed by atoms with E-state index >= 15 is 0 Å². The van der Waals surface area contributed by atoms with Gasteiger partial charge in [-0.1, -0.05) is 5.92 Å². The van der Waals surface area contributed by atoms with Gasteiger partial charge in [0.05, 0.1) is 19.8 Å². The van der Waals surface area contributed by atoms with Crippen LogP contribution in [0.4, 0.5) is 0 Å². The van der Waals surface area contributed by atoms with Gasteiger partial charge in [-0.05, 0) is 13.5 Å². The van der Waals surface area contributed by atoms with E-state index in [2.05, 4.69) is 16.1 Å². The molecule has 1 atom stereocenters. The lowest BCUT2D eigenvalue weighted by atomic mass is 10.2. The molecule has 3 heteroatoms. The lowest BCUT2D eigenvalue weighted by Gasteiger charge is -2.25. The van der Waals surface area contributed by atoms with Gasteiger partial charge in [0.2, 0.25) is 0 Å². The van der Waals surface area contributed by atoms with E-state index in [1.807, 2.05) is 7.05 Å². The Morgan fingerprint density at radius 2 is 2.54 bits per heavy atom. The molecule has 1 saturated heterocycles.